The van der Waals surface area contributed by atoms with Crippen molar-refractivity contribution in [3.05, 3.63) is 16.4 Å². The third-order valence-corrected chi connectivity index (χ3v) is 3.11. The van der Waals surface area contributed by atoms with Gasteiger partial charge in [0.25, 0.3) is 0 Å². The smallest absolute Gasteiger partial charge is 0.312 e. The minimum atomic E-state index is -4.05. The molecule has 0 unspecified atom stereocenters. The summed E-state index contributed by atoms with van der Waals surface area (Å²) in [4.78, 5) is 0. The van der Waals surface area contributed by atoms with Gasteiger partial charge in [-0.15, -0.1) is 0 Å². The molecule has 3 nitrogen and oxygen atoms in total. The van der Waals surface area contributed by atoms with Gasteiger partial charge in [0.05, 0.1) is 5.69 Å². The predicted molar refractivity (Wildman–Crippen MR) is 64.6 cm³/mol. The molecule has 104 valence electrons. The Bertz CT molecular complexity index is 388. The number of halogens is 4. The number of unbranched alkanes of at least 4 members (excludes halogenated alkanes) is 1. The summed E-state index contributed by atoms with van der Waals surface area (Å²) >= 11 is 6.03. The monoisotopic (exact) mass is 283 g/mol. The SMILES string of the molecule is Cc1nn(C)c(Cl)c1CNCCCCC(F)(F)F. The zero-order chi connectivity index (χ0) is 13.8. The van der Waals surface area contributed by atoms with Crippen molar-refractivity contribution in [2.45, 2.75) is 38.9 Å². The lowest BCUT2D eigenvalue weighted by Gasteiger charge is -2.07. The summed E-state index contributed by atoms with van der Waals surface area (Å²) in [5, 5.41) is 7.80. The lowest BCUT2D eigenvalue weighted by atomic mass is 10.2. The molecule has 0 spiro atoms. The predicted octanol–water partition coefficient (Wildman–Crippen LogP) is 3.20. The molecule has 0 aliphatic carbocycles. The van der Waals surface area contributed by atoms with Crippen molar-refractivity contribution in [1.29, 1.82) is 0 Å². The number of nitrogens with zero attached hydrogens (tertiary/aromatic N) is 2. The first-order chi connectivity index (χ1) is 8.31. The van der Waals surface area contributed by atoms with Gasteiger partial charge in [-0.05, 0) is 26.3 Å². The van der Waals surface area contributed by atoms with Crippen LogP contribution < -0.4 is 5.32 Å². The lowest BCUT2D eigenvalue weighted by Crippen LogP contribution is -2.16. The topological polar surface area (TPSA) is 29.9 Å². The van der Waals surface area contributed by atoms with Gasteiger partial charge in [-0.2, -0.15) is 18.3 Å². The first-order valence-corrected chi connectivity index (χ1v) is 6.14. The second-order valence-corrected chi connectivity index (χ2v) is 4.59. The fourth-order valence-corrected chi connectivity index (χ4v) is 1.90. The molecular weight excluding hydrogens is 267 g/mol. The number of rotatable bonds is 6. The standard InChI is InChI=1S/C11H17ClF3N3/c1-8-9(10(12)18(2)17-8)7-16-6-4-3-5-11(13,14)15/h16H,3-7H2,1-2H3. The zero-order valence-electron chi connectivity index (χ0n) is 10.4. The maximum atomic E-state index is 11.9. The van der Waals surface area contributed by atoms with E-state index in [1.165, 1.54) is 0 Å². The van der Waals surface area contributed by atoms with Crippen LogP contribution in [0.25, 0.3) is 0 Å². The molecule has 0 atom stereocenters. The van der Waals surface area contributed by atoms with E-state index in [1.54, 1.807) is 11.7 Å². The van der Waals surface area contributed by atoms with Gasteiger partial charge in [0.15, 0.2) is 0 Å². The van der Waals surface area contributed by atoms with Crippen molar-refractivity contribution in [2.24, 2.45) is 7.05 Å². The summed E-state index contributed by atoms with van der Waals surface area (Å²) in [5.74, 6) is 0. The summed E-state index contributed by atoms with van der Waals surface area (Å²) < 4.78 is 37.2. The highest BCUT2D eigenvalue weighted by Gasteiger charge is 2.25. The molecule has 1 heterocycles. The normalized spacial score (nSPS) is 12.1. The van der Waals surface area contributed by atoms with E-state index in [4.69, 9.17) is 11.6 Å². The summed E-state index contributed by atoms with van der Waals surface area (Å²) in [5.41, 5.74) is 1.74. The van der Waals surface area contributed by atoms with E-state index in [0.717, 1.165) is 11.3 Å². The van der Waals surface area contributed by atoms with E-state index < -0.39 is 12.6 Å². The number of hydrogen-bond donors (Lipinski definition) is 1. The van der Waals surface area contributed by atoms with E-state index in [1.807, 2.05) is 6.92 Å². The maximum Gasteiger partial charge on any atom is 0.389 e. The second-order valence-electron chi connectivity index (χ2n) is 4.23. The molecule has 0 fully saturated rings. The van der Waals surface area contributed by atoms with Gasteiger partial charge in [-0.3, -0.25) is 4.68 Å². The van der Waals surface area contributed by atoms with Crippen molar-refractivity contribution in [1.82, 2.24) is 15.1 Å². The third kappa shape index (κ3) is 4.86. The van der Waals surface area contributed by atoms with Gasteiger partial charge in [-0.1, -0.05) is 11.6 Å². The maximum absolute atomic E-state index is 11.9. The molecule has 1 aromatic rings. The molecule has 0 aliphatic heterocycles. The molecule has 0 aromatic carbocycles. The van der Waals surface area contributed by atoms with Gasteiger partial charge in [0, 0.05) is 25.6 Å². The Morgan fingerprint density at radius 1 is 1.33 bits per heavy atom. The largest absolute Gasteiger partial charge is 0.389 e. The van der Waals surface area contributed by atoms with Gasteiger partial charge in [0.1, 0.15) is 5.15 Å². The number of nitrogens with one attached hydrogen (secondary N) is 1. The third-order valence-electron chi connectivity index (χ3n) is 2.64. The Hall–Kier alpha value is -0.750. The Balaban J connectivity index is 2.22. The van der Waals surface area contributed by atoms with Gasteiger partial charge in [0.2, 0.25) is 0 Å². The van der Waals surface area contributed by atoms with Crippen LogP contribution >= 0.6 is 11.6 Å². The van der Waals surface area contributed by atoms with E-state index in [-0.39, 0.29) is 6.42 Å². The van der Waals surface area contributed by atoms with Gasteiger partial charge in [-0.25, -0.2) is 0 Å². The van der Waals surface area contributed by atoms with Crippen molar-refractivity contribution < 1.29 is 13.2 Å². The summed E-state index contributed by atoms with van der Waals surface area (Å²) in [6.45, 7) is 2.93. The van der Waals surface area contributed by atoms with Crippen LogP contribution in [0.4, 0.5) is 13.2 Å². The van der Waals surface area contributed by atoms with Gasteiger partial charge < -0.3 is 5.32 Å². The van der Waals surface area contributed by atoms with Crippen LogP contribution in [0.15, 0.2) is 0 Å². The summed E-state index contributed by atoms with van der Waals surface area (Å²) in [6.07, 6.45) is -4.13. The van der Waals surface area contributed by atoms with E-state index in [2.05, 4.69) is 10.4 Å². The van der Waals surface area contributed by atoms with Crippen LogP contribution in [0.5, 0.6) is 0 Å². The fraction of sp³-hybridized carbons (Fsp3) is 0.727. The average Bonchev–Trinajstić information content (AvgIpc) is 2.47. The van der Waals surface area contributed by atoms with Crippen LogP contribution in [0, 0.1) is 6.92 Å². The van der Waals surface area contributed by atoms with E-state index in [0.29, 0.717) is 24.7 Å². The molecular formula is C11H17ClF3N3. The lowest BCUT2D eigenvalue weighted by molar-refractivity contribution is -0.135. The highest BCUT2D eigenvalue weighted by Crippen LogP contribution is 2.22. The van der Waals surface area contributed by atoms with Gasteiger partial charge >= 0.3 is 6.18 Å². The molecule has 0 bridgehead atoms. The van der Waals surface area contributed by atoms with Crippen LogP contribution in [0.1, 0.15) is 30.5 Å². The Morgan fingerprint density at radius 2 is 2.00 bits per heavy atom. The van der Waals surface area contributed by atoms with Crippen LogP contribution in [-0.4, -0.2) is 22.5 Å². The molecule has 1 rings (SSSR count). The van der Waals surface area contributed by atoms with Crippen LogP contribution in [0.2, 0.25) is 5.15 Å². The number of alkyl halides is 3. The first kappa shape index (κ1) is 15.3. The molecule has 1 aromatic heterocycles. The van der Waals surface area contributed by atoms with Crippen molar-refractivity contribution in [2.75, 3.05) is 6.54 Å². The molecule has 0 amide bonds. The first-order valence-electron chi connectivity index (χ1n) is 5.76. The minimum absolute atomic E-state index is 0.149. The van der Waals surface area contributed by atoms with E-state index >= 15 is 0 Å². The number of aromatic nitrogens is 2. The number of aryl methyl sites for hydroxylation is 2. The number of hydrogen-bond acceptors (Lipinski definition) is 2. The molecule has 0 radical (unpaired) electrons. The van der Waals surface area contributed by atoms with Crippen molar-refractivity contribution >= 4 is 11.6 Å². The molecule has 7 heteroatoms. The quantitative estimate of drug-likeness (QED) is 0.813. The molecule has 0 saturated heterocycles. The Kier molecular flexibility index (Phi) is 5.47. The van der Waals surface area contributed by atoms with E-state index in [9.17, 15) is 13.2 Å². The highest BCUT2D eigenvalue weighted by molar-refractivity contribution is 6.30. The Labute approximate surface area is 109 Å². The van der Waals surface area contributed by atoms with Crippen LogP contribution in [-0.2, 0) is 13.6 Å². The summed E-state index contributed by atoms with van der Waals surface area (Å²) in [6, 6.07) is 0. The Morgan fingerprint density at radius 3 is 2.50 bits per heavy atom. The molecule has 18 heavy (non-hydrogen) atoms. The van der Waals surface area contributed by atoms with Crippen molar-refractivity contribution in [3.8, 4) is 0 Å². The minimum Gasteiger partial charge on any atom is -0.312 e. The second kappa shape index (κ2) is 6.43. The average molecular weight is 284 g/mol. The summed E-state index contributed by atoms with van der Waals surface area (Å²) in [7, 11) is 1.75. The molecule has 0 aliphatic rings. The molecule has 0 saturated carbocycles. The highest BCUT2D eigenvalue weighted by atomic mass is 35.5. The fourth-order valence-electron chi connectivity index (χ4n) is 1.66. The molecule has 1 N–H and O–H groups in total. The zero-order valence-corrected chi connectivity index (χ0v) is 11.2. The van der Waals surface area contributed by atoms with Crippen LogP contribution in [0.3, 0.4) is 0 Å². The van der Waals surface area contributed by atoms with Crippen molar-refractivity contribution in [3.63, 3.8) is 0 Å².